The standard InChI is InChI=1S/C15H17NO5S2/c1-10-5-11(2)7-13(6-10)20-3-4-21-15(17)12-8-14(22-9-12)23(16,18)19/h5-9H,3-4H2,1-2H3,(H2,16,18,19). The Morgan fingerprint density at radius 3 is 2.35 bits per heavy atom. The summed E-state index contributed by atoms with van der Waals surface area (Å²) in [6.07, 6.45) is 0. The van der Waals surface area contributed by atoms with E-state index in [-0.39, 0.29) is 23.0 Å². The third kappa shape index (κ3) is 5.05. The molecule has 0 spiro atoms. The Balaban J connectivity index is 1.84. The van der Waals surface area contributed by atoms with Gasteiger partial charge in [0.15, 0.2) is 0 Å². The highest BCUT2D eigenvalue weighted by atomic mass is 32.2. The molecule has 2 rings (SSSR count). The van der Waals surface area contributed by atoms with Gasteiger partial charge in [0.1, 0.15) is 23.2 Å². The van der Waals surface area contributed by atoms with Crippen LogP contribution in [0.1, 0.15) is 21.5 Å². The maximum atomic E-state index is 11.8. The van der Waals surface area contributed by atoms with Crippen LogP contribution in [-0.2, 0) is 14.8 Å². The molecule has 0 bridgehead atoms. The van der Waals surface area contributed by atoms with Gasteiger partial charge in [-0.2, -0.15) is 0 Å². The Morgan fingerprint density at radius 2 is 1.78 bits per heavy atom. The van der Waals surface area contributed by atoms with E-state index in [1.165, 1.54) is 11.4 Å². The molecule has 0 aliphatic heterocycles. The molecule has 8 heteroatoms. The lowest BCUT2D eigenvalue weighted by molar-refractivity contribution is 0.0451. The second-order valence-corrected chi connectivity index (χ2v) is 7.71. The van der Waals surface area contributed by atoms with Crippen molar-refractivity contribution >= 4 is 27.3 Å². The zero-order valence-electron chi connectivity index (χ0n) is 12.7. The van der Waals surface area contributed by atoms with Crippen LogP contribution in [0.25, 0.3) is 0 Å². The van der Waals surface area contributed by atoms with Gasteiger partial charge < -0.3 is 9.47 Å². The van der Waals surface area contributed by atoms with Gasteiger partial charge >= 0.3 is 5.97 Å². The zero-order valence-corrected chi connectivity index (χ0v) is 14.4. The number of benzene rings is 1. The first-order valence-corrected chi connectivity index (χ1v) is 9.18. The summed E-state index contributed by atoms with van der Waals surface area (Å²) in [7, 11) is -3.80. The van der Waals surface area contributed by atoms with Crippen LogP contribution < -0.4 is 9.88 Å². The lowest BCUT2D eigenvalue weighted by Gasteiger charge is -2.08. The average molecular weight is 355 g/mol. The highest BCUT2D eigenvalue weighted by Gasteiger charge is 2.16. The van der Waals surface area contributed by atoms with Crippen molar-refractivity contribution in [1.29, 1.82) is 0 Å². The first-order chi connectivity index (χ1) is 10.8. The average Bonchev–Trinajstić information content (AvgIpc) is 2.92. The number of esters is 1. The molecule has 0 radical (unpaired) electrons. The molecule has 23 heavy (non-hydrogen) atoms. The number of carbonyl (C=O) groups is 1. The number of hydrogen-bond acceptors (Lipinski definition) is 6. The summed E-state index contributed by atoms with van der Waals surface area (Å²) in [5.41, 5.74) is 2.34. The molecule has 1 aromatic heterocycles. The van der Waals surface area contributed by atoms with E-state index in [0.29, 0.717) is 5.75 Å². The second-order valence-electron chi connectivity index (χ2n) is 5.01. The molecule has 0 amide bonds. The zero-order chi connectivity index (χ0) is 17.0. The van der Waals surface area contributed by atoms with E-state index in [1.54, 1.807) is 0 Å². The summed E-state index contributed by atoms with van der Waals surface area (Å²) in [5, 5.41) is 6.39. The predicted molar refractivity (Wildman–Crippen MR) is 87.4 cm³/mol. The van der Waals surface area contributed by atoms with Crippen LogP contribution in [-0.4, -0.2) is 27.6 Å². The number of hydrogen-bond donors (Lipinski definition) is 1. The molecule has 0 fully saturated rings. The normalized spacial score (nSPS) is 11.3. The molecule has 124 valence electrons. The molecule has 0 unspecified atom stereocenters. The highest BCUT2D eigenvalue weighted by molar-refractivity contribution is 7.91. The van der Waals surface area contributed by atoms with Crippen molar-refractivity contribution in [3.8, 4) is 5.75 Å². The van der Waals surface area contributed by atoms with E-state index >= 15 is 0 Å². The number of thiophene rings is 1. The van der Waals surface area contributed by atoms with Crippen molar-refractivity contribution in [3.63, 3.8) is 0 Å². The third-order valence-electron chi connectivity index (χ3n) is 2.87. The molecule has 0 saturated carbocycles. The van der Waals surface area contributed by atoms with Gasteiger partial charge in [-0.1, -0.05) is 6.07 Å². The van der Waals surface area contributed by atoms with E-state index in [1.807, 2.05) is 32.0 Å². The molecular formula is C15H17NO5S2. The monoisotopic (exact) mass is 355 g/mol. The summed E-state index contributed by atoms with van der Waals surface area (Å²) in [5.74, 6) is 0.103. The molecule has 1 aromatic carbocycles. The lowest BCUT2D eigenvalue weighted by atomic mass is 10.1. The van der Waals surface area contributed by atoms with Crippen LogP contribution in [0.4, 0.5) is 0 Å². The first kappa shape index (κ1) is 17.5. The fraction of sp³-hybridized carbons (Fsp3) is 0.267. The highest BCUT2D eigenvalue weighted by Crippen LogP contribution is 2.19. The van der Waals surface area contributed by atoms with Crippen molar-refractivity contribution in [2.24, 2.45) is 5.14 Å². The summed E-state index contributed by atoms with van der Waals surface area (Å²) >= 11 is 0.879. The van der Waals surface area contributed by atoms with Gasteiger partial charge in [0.05, 0.1) is 5.56 Å². The minimum atomic E-state index is -3.80. The van der Waals surface area contributed by atoms with Crippen LogP contribution >= 0.6 is 11.3 Å². The van der Waals surface area contributed by atoms with Gasteiger partial charge in [-0.15, -0.1) is 11.3 Å². The largest absolute Gasteiger partial charge is 0.490 e. The number of nitrogens with two attached hydrogens (primary N) is 1. The molecule has 6 nitrogen and oxygen atoms in total. The Morgan fingerprint density at radius 1 is 1.13 bits per heavy atom. The minimum Gasteiger partial charge on any atom is -0.490 e. The van der Waals surface area contributed by atoms with Gasteiger partial charge in [-0.25, -0.2) is 18.4 Å². The van der Waals surface area contributed by atoms with Gasteiger partial charge in [-0.05, 0) is 43.2 Å². The van der Waals surface area contributed by atoms with Gasteiger partial charge in [0.2, 0.25) is 10.0 Å². The van der Waals surface area contributed by atoms with Crippen molar-refractivity contribution in [2.75, 3.05) is 13.2 Å². The smallest absolute Gasteiger partial charge is 0.339 e. The topological polar surface area (TPSA) is 95.7 Å². The molecule has 0 aliphatic rings. The third-order valence-corrected chi connectivity index (χ3v) is 5.26. The SMILES string of the molecule is Cc1cc(C)cc(OCCOC(=O)c2csc(S(N)(=O)=O)c2)c1. The van der Waals surface area contributed by atoms with Crippen molar-refractivity contribution in [3.05, 3.63) is 46.3 Å². The number of aryl methyl sites for hydroxylation is 2. The fourth-order valence-corrected chi connectivity index (χ4v) is 3.54. The Kier molecular flexibility index (Phi) is 5.40. The van der Waals surface area contributed by atoms with E-state index < -0.39 is 16.0 Å². The molecule has 0 aliphatic carbocycles. The summed E-state index contributed by atoms with van der Waals surface area (Å²) in [6, 6.07) is 7.03. The molecule has 2 aromatic rings. The Hall–Kier alpha value is -1.90. The van der Waals surface area contributed by atoms with E-state index in [9.17, 15) is 13.2 Å². The number of rotatable bonds is 6. The number of ether oxygens (including phenoxy) is 2. The van der Waals surface area contributed by atoms with Crippen LogP contribution in [0.15, 0.2) is 33.9 Å². The van der Waals surface area contributed by atoms with Gasteiger partial charge in [0.25, 0.3) is 0 Å². The molecule has 0 atom stereocenters. The van der Waals surface area contributed by atoms with Crippen LogP contribution in [0.3, 0.4) is 0 Å². The fourth-order valence-electron chi connectivity index (χ4n) is 1.97. The first-order valence-electron chi connectivity index (χ1n) is 6.75. The van der Waals surface area contributed by atoms with E-state index in [2.05, 4.69) is 0 Å². The second kappa shape index (κ2) is 7.12. The minimum absolute atomic E-state index is 0.0619. The van der Waals surface area contributed by atoms with Crippen molar-refractivity contribution < 1.29 is 22.7 Å². The van der Waals surface area contributed by atoms with Crippen molar-refractivity contribution in [2.45, 2.75) is 18.1 Å². The summed E-state index contributed by atoms with van der Waals surface area (Å²) < 4.78 is 32.8. The summed E-state index contributed by atoms with van der Waals surface area (Å²) in [4.78, 5) is 11.8. The van der Waals surface area contributed by atoms with Crippen LogP contribution in [0, 0.1) is 13.8 Å². The molecule has 0 saturated heterocycles. The number of carbonyl (C=O) groups excluding carboxylic acids is 1. The van der Waals surface area contributed by atoms with E-state index in [4.69, 9.17) is 14.6 Å². The van der Waals surface area contributed by atoms with Gasteiger partial charge in [0, 0.05) is 5.38 Å². The van der Waals surface area contributed by atoms with Crippen molar-refractivity contribution in [1.82, 2.24) is 0 Å². The lowest BCUT2D eigenvalue weighted by Crippen LogP contribution is -2.12. The Bertz CT molecular complexity index is 791. The molecule has 2 N–H and O–H groups in total. The van der Waals surface area contributed by atoms with Crippen LogP contribution in [0.2, 0.25) is 0 Å². The quantitative estimate of drug-likeness (QED) is 0.633. The maximum absolute atomic E-state index is 11.8. The molecule has 1 heterocycles. The van der Waals surface area contributed by atoms with E-state index in [0.717, 1.165) is 22.5 Å². The van der Waals surface area contributed by atoms with Crippen LogP contribution in [0.5, 0.6) is 5.75 Å². The Labute approximate surface area is 138 Å². The number of sulfonamides is 1. The molecular weight excluding hydrogens is 338 g/mol. The maximum Gasteiger partial charge on any atom is 0.339 e. The number of primary sulfonamides is 1. The summed E-state index contributed by atoms with van der Waals surface area (Å²) in [6.45, 7) is 4.21. The van der Waals surface area contributed by atoms with Gasteiger partial charge in [-0.3, -0.25) is 0 Å². The predicted octanol–water partition coefficient (Wildman–Crippen LogP) is 2.25.